The first kappa shape index (κ1) is 36.0. The summed E-state index contributed by atoms with van der Waals surface area (Å²) in [7, 11) is 0. The lowest BCUT2D eigenvalue weighted by molar-refractivity contribution is -0.275. The highest BCUT2D eigenvalue weighted by atomic mass is 35.5. The maximum absolute atomic E-state index is 13.6. The summed E-state index contributed by atoms with van der Waals surface area (Å²) >= 11 is 12.9. The molecule has 0 unspecified atom stereocenters. The fraction of sp³-hybridized carbons (Fsp3) is 0.345. The fourth-order valence-electron chi connectivity index (χ4n) is 5.12. The van der Waals surface area contributed by atoms with Crippen LogP contribution in [0.25, 0.3) is 10.4 Å². The maximum atomic E-state index is 13.6. The highest BCUT2D eigenvalue weighted by molar-refractivity contribution is 7.20. The van der Waals surface area contributed by atoms with E-state index in [2.05, 4.69) is 25.4 Å². The van der Waals surface area contributed by atoms with E-state index in [-0.39, 0.29) is 16.3 Å². The highest BCUT2D eigenvalue weighted by Crippen LogP contribution is 2.41. The van der Waals surface area contributed by atoms with Crippen LogP contribution in [0.3, 0.4) is 0 Å². The molecule has 3 amide bonds. The molecule has 2 aromatic carbocycles. The Bertz CT molecular complexity index is 1620. The van der Waals surface area contributed by atoms with Crippen LogP contribution in [0.1, 0.15) is 49.4 Å². The SMILES string of the molecule is CC1([C@H](NC(=O)c2cc(-c3ccc(OC(F)(F)F)cc3)sc2NC(=O)Nc2c(Cl)cc(OC(F)(F)F)cc2Cl)C(=O)O)CCCCC1. The molecule has 47 heavy (non-hydrogen) atoms. The van der Waals surface area contributed by atoms with Gasteiger partial charge in [-0.25, -0.2) is 9.59 Å². The third-order valence-electron chi connectivity index (χ3n) is 7.28. The van der Waals surface area contributed by atoms with Crippen molar-refractivity contribution in [3.63, 3.8) is 0 Å². The molecular weight excluding hydrogens is 703 g/mol. The molecule has 254 valence electrons. The Hall–Kier alpha value is -3.89. The summed E-state index contributed by atoms with van der Waals surface area (Å²) in [5, 5.41) is 16.3. The van der Waals surface area contributed by atoms with Crippen LogP contribution in [0.2, 0.25) is 10.0 Å². The lowest BCUT2D eigenvalue weighted by Gasteiger charge is -2.38. The summed E-state index contributed by atoms with van der Waals surface area (Å²) in [5.74, 6) is -3.36. The van der Waals surface area contributed by atoms with Crippen LogP contribution in [0.4, 0.5) is 41.8 Å². The molecular formula is C29H25Cl2F6N3O6S. The van der Waals surface area contributed by atoms with Gasteiger partial charge >= 0.3 is 24.7 Å². The first-order chi connectivity index (χ1) is 21.8. The standard InChI is InChI=1S/C29H25Cl2F6N3O6S/c1-27(9-3-2-4-10-27)22(25(42)43)39-23(41)17-13-20(14-5-7-15(8-6-14)45-28(32,33)34)47-24(17)40-26(44)38-21-18(30)11-16(12-19(21)31)46-29(35,36)37/h5-8,11-13,22H,2-4,9-10H2,1H3,(H,39,41)(H,42,43)(H2,38,40,44)/t22-/m1/s1. The van der Waals surface area contributed by atoms with E-state index in [0.717, 1.165) is 54.9 Å². The van der Waals surface area contributed by atoms with Gasteiger partial charge in [-0.1, -0.05) is 49.4 Å². The average Bonchev–Trinajstić information content (AvgIpc) is 3.36. The number of anilines is 2. The van der Waals surface area contributed by atoms with Gasteiger partial charge in [-0.15, -0.1) is 37.7 Å². The molecule has 1 aliphatic carbocycles. The molecule has 3 aromatic rings. The van der Waals surface area contributed by atoms with Crippen molar-refractivity contribution in [1.82, 2.24) is 5.32 Å². The zero-order valence-corrected chi connectivity index (χ0v) is 26.4. The second-order valence-electron chi connectivity index (χ2n) is 10.8. The van der Waals surface area contributed by atoms with Crippen molar-refractivity contribution in [2.24, 2.45) is 5.41 Å². The number of amides is 3. The quantitative estimate of drug-likeness (QED) is 0.163. The summed E-state index contributed by atoms with van der Waals surface area (Å²) in [6.45, 7) is 1.76. The molecule has 9 nitrogen and oxygen atoms in total. The number of carboxylic acids is 1. The second kappa shape index (κ2) is 14.1. The molecule has 4 N–H and O–H groups in total. The fourth-order valence-corrected chi connectivity index (χ4v) is 6.73. The molecule has 0 bridgehead atoms. The van der Waals surface area contributed by atoms with Gasteiger partial charge in [0.2, 0.25) is 0 Å². The molecule has 0 aliphatic heterocycles. The number of carbonyl (C=O) groups excluding carboxylic acids is 2. The van der Waals surface area contributed by atoms with Crippen molar-refractivity contribution < 1.29 is 55.3 Å². The zero-order valence-electron chi connectivity index (χ0n) is 24.1. The molecule has 1 fully saturated rings. The van der Waals surface area contributed by atoms with E-state index in [1.807, 2.05) is 0 Å². The molecule has 18 heteroatoms. The predicted octanol–water partition coefficient (Wildman–Crippen LogP) is 9.32. The summed E-state index contributed by atoms with van der Waals surface area (Å²) in [5.41, 5.74) is -0.896. The number of thiophene rings is 1. The van der Waals surface area contributed by atoms with Crippen molar-refractivity contribution in [1.29, 1.82) is 0 Å². The Morgan fingerprint density at radius 3 is 1.96 bits per heavy atom. The number of nitrogens with one attached hydrogen (secondary N) is 3. The van der Waals surface area contributed by atoms with Crippen molar-refractivity contribution in [3.8, 4) is 21.9 Å². The van der Waals surface area contributed by atoms with E-state index in [4.69, 9.17) is 23.2 Å². The number of benzene rings is 2. The van der Waals surface area contributed by atoms with Crippen LogP contribution in [0.5, 0.6) is 11.5 Å². The van der Waals surface area contributed by atoms with Crippen molar-refractivity contribution in [2.75, 3.05) is 10.6 Å². The Balaban J connectivity index is 1.64. The first-order valence-corrected chi connectivity index (χ1v) is 15.3. The summed E-state index contributed by atoms with van der Waals surface area (Å²) < 4.78 is 83.4. The van der Waals surface area contributed by atoms with Crippen LogP contribution >= 0.6 is 34.5 Å². The largest absolute Gasteiger partial charge is 0.573 e. The number of hydrogen-bond donors (Lipinski definition) is 4. The van der Waals surface area contributed by atoms with Gasteiger partial charge in [0, 0.05) is 17.0 Å². The van der Waals surface area contributed by atoms with Crippen LogP contribution in [0, 0.1) is 5.41 Å². The Kier molecular flexibility index (Phi) is 10.8. The van der Waals surface area contributed by atoms with Crippen molar-refractivity contribution in [2.45, 2.75) is 57.8 Å². The third kappa shape index (κ3) is 9.58. The predicted molar refractivity (Wildman–Crippen MR) is 162 cm³/mol. The van der Waals surface area contributed by atoms with Crippen LogP contribution in [-0.4, -0.2) is 41.8 Å². The normalized spacial score (nSPS) is 15.3. The molecule has 1 heterocycles. The molecule has 1 aromatic heterocycles. The van der Waals surface area contributed by atoms with E-state index in [0.29, 0.717) is 23.3 Å². The van der Waals surface area contributed by atoms with Gasteiger partial charge in [-0.2, -0.15) is 0 Å². The van der Waals surface area contributed by atoms with E-state index < -0.39 is 63.6 Å². The molecule has 0 radical (unpaired) electrons. The number of urea groups is 1. The topological polar surface area (TPSA) is 126 Å². The highest BCUT2D eigenvalue weighted by Gasteiger charge is 2.41. The monoisotopic (exact) mass is 727 g/mol. The summed E-state index contributed by atoms with van der Waals surface area (Å²) in [6.07, 6.45) is -6.39. The van der Waals surface area contributed by atoms with Crippen molar-refractivity contribution >= 4 is 63.1 Å². The molecule has 0 spiro atoms. The number of hydrogen-bond acceptors (Lipinski definition) is 6. The Morgan fingerprint density at radius 1 is 0.872 bits per heavy atom. The minimum absolute atomic E-state index is 0.104. The van der Waals surface area contributed by atoms with Crippen LogP contribution < -0.4 is 25.4 Å². The number of alkyl halides is 6. The Morgan fingerprint density at radius 2 is 1.43 bits per heavy atom. The van der Waals surface area contributed by atoms with Gasteiger partial charge in [0.1, 0.15) is 22.5 Å². The minimum atomic E-state index is -5.04. The van der Waals surface area contributed by atoms with E-state index >= 15 is 0 Å². The molecule has 0 saturated heterocycles. The molecule has 1 aliphatic rings. The van der Waals surface area contributed by atoms with Crippen LogP contribution in [0.15, 0.2) is 42.5 Å². The number of rotatable bonds is 9. The van der Waals surface area contributed by atoms with Gasteiger partial charge in [0.15, 0.2) is 0 Å². The Labute approximate surface area is 277 Å². The number of aliphatic carboxylic acids is 1. The maximum Gasteiger partial charge on any atom is 0.573 e. The summed E-state index contributed by atoms with van der Waals surface area (Å²) in [4.78, 5) is 39.2. The van der Waals surface area contributed by atoms with E-state index in [9.17, 15) is 45.8 Å². The number of ether oxygens (including phenoxy) is 2. The second-order valence-corrected chi connectivity index (χ2v) is 12.6. The van der Waals surface area contributed by atoms with Crippen LogP contribution in [-0.2, 0) is 4.79 Å². The van der Waals surface area contributed by atoms with E-state index in [1.54, 1.807) is 6.92 Å². The van der Waals surface area contributed by atoms with Gasteiger partial charge in [-0.3, -0.25) is 10.1 Å². The molecule has 4 rings (SSSR count). The molecule has 1 saturated carbocycles. The van der Waals surface area contributed by atoms with Gasteiger partial charge in [0.25, 0.3) is 5.91 Å². The number of carboxylic acid groups (broad SMARTS) is 1. The first-order valence-electron chi connectivity index (χ1n) is 13.7. The van der Waals surface area contributed by atoms with Crippen molar-refractivity contribution in [3.05, 3.63) is 58.1 Å². The lowest BCUT2D eigenvalue weighted by Crippen LogP contribution is -2.52. The lowest BCUT2D eigenvalue weighted by atomic mass is 9.70. The number of carbonyl (C=O) groups is 3. The van der Waals surface area contributed by atoms with Gasteiger partial charge in [-0.05, 0) is 54.2 Å². The van der Waals surface area contributed by atoms with Gasteiger partial charge < -0.3 is 25.2 Å². The van der Waals surface area contributed by atoms with E-state index in [1.165, 1.54) is 18.2 Å². The third-order valence-corrected chi connectivity index (χ3v) is 8.97. The minimum Gasteiger partial charge on any atom is -0.480 e. The number of halogens is 8. The molecule has 1 atom stereocenters. The zero-order chi connectivity index (χ0) is 34.7. The smallest absolute Gasteiger partial charge is 0.480 e. The van der Waals surface area contributed by atoms with Gasteiger partial charge in [0.05, 0.1) is 21.3 Å². The average molecular weight is 728 g/mol. The summed E-state index contributed by atoms with van der Waals surface area (Å²) in [6, 6.07) is 5.19.